The number of morpholine rings is 1. The minimum Gasteiger partial charge on any atom is -0.381 e. The van der Waals surface area contributed by atoms with Crippen LogP contribution in [0, 0.1) is 5.92 Å². The second kappa shape index (κ2) is 13.5. The summed E-state index contributed by atoms with van der Waals surface area (Å²) in [5.41, 5.74) is 0. The lowest BCUT2D eigenvalue weighted by atomic mass is 10.1. The van der Waals surface area contributed by atoms with E-state index in [-0.39, 0.29) is 36.4 Å². The molecule has 1 atom stereocenters. The largest absolute Gasteiger partial charge is 0.381 e. The molecule has 1 N–H and O–H groups in total. The molecule has 0 aliphatic carbocycles. The summed E-state index contributed by atoms with van der Waals surface area (Å²) in [6.45, 7) is 8.31. The number of guanidine groups is 1. The highest BCUT2D eigenvalue weighted by atomic mass is 127. The number of rotatable bonds is 8. The Balaban J connectivity index is 0.00000364. The summed E-state index contributed by atoms with van der Waals surface area (Å²) in [6.07, 6.45) is 2.13. The quantitative estimate of drug-likeness (QED) is 0.226. The Kier molecular flexibility index (Phi) is 12.2. The predicted octanol–water partition coefficient (Wildman–Crippen LogP) is 0.329. The van der Waals surface area contributed by atoms with E-state index in [0.717, 1.165) is 78.0 Å². The standard InChI is InChI=1S/C18H35N5O3.HI/c1-21(2)17(24)13-20-18(22(3)14-16-5-10-26-15-16)19-6-4-7-23-8-11-25-12-9-23;/h16H,4-15H2,1-3H3,(H,19,20);1H. The summed E-state index contributed by atoms with van der Waals surface area (Å²) in [6, 6.07) is 0. The van der Waals surface area contributed by atoms with E-state index in [2.05, 4.69) is 20.1 Å². The molecular formula is C18H36IN5O3. The zero-order chi connectivity index (χ0) is 18.8. The summed E-state index contributed by atoms with van der Waals surface area (Å²) in [5, 5.41) is 3.43. The summed E-state index contributed by atoms with van der Waals surface area (Å²) in [7, 11) is 5.55. The van der Waals surface area contributed by atoms with Crippen molar-refractivity contribution in [3.63, 3.8) is 0 Å². The van der Waals surface area contributed by atoms with Crippen LogP contribution in [-0.4, -0.2) is 113 Å². The van der Waals surface area contributed by atoms with Crippen molar-refractivity contribution in [2.24, 2.45) is 10.9 Å². The SMILES string of the molecule is CN(C)C(=O)CN=C(NCCCN1CCOCC1)N(C)CC1CCOC1.I. The molecule has 0 aromatic heterocycles. The zero-order valence-corrected chi connectivity index (χ0v) is 19.3. The lowest BCUT2D eigenvalue weighted by molar-refractivity contribution is -0.127. The van der Waals surface area contributed by atoms with Gasteiger partial charge in [-0.1, -0.05) is 0 Å². The average Bonchev–Trinajstić information content (AvgIpc) is 3.14. The molecule has 2 rings (SSSR count). The van der Waals surface area contributed by atoms with Crippen LogP contribution in [0.4, 0.5) is 0 Å². The Morgan fingerprint density at radius 2 is 1.93 bits per heavy atom. The lowest BCUT2D eigenvalue weighted by Crippen LogP contribution is -2.43. The van der Waals surface area contributed by atoms with Gasteiger partial charge in [-0.05, 0) is 19.4 Å². The number of hydrogen-bond acceptors (Lipinski definition) is 5. The van der Waals surface area contributed by atoms with Crippen LogP contribution in [0.1, 0.15) is 12.8 Å². The molecule has 0 saturated carbocycles. The lowest BCUT2D eigenvalue weighted by Gasteiger charge is -2.27. The molecule has 2 saturated heterocycles. The predicted molar refractivity (Wildman–Crippen MR) is 118 cm³/mol. The fraction of sp³-hybridized carbons (Fsp3) is 0.889. The highest BCUT2D eigenvalue weighted by molar-refractivity contribution is 14.0. The first-order valence-electron chi connectivity index (χ1n) is 9.63. The van der Waals surface area contributed by atoms with Gasteiger partial charge in [-0.2, -0.15) is 0 Å². The molecule has 0 radical (unpaired) electrons. The van der Waals surface area contributed by atoms with E-state index in [1.54, 1.807) is 19.0 Å². The average molecular weight is 497 g/mol. The second-order valence-corrected chi connectivity index (χ2v) is 7.27. The molecule has 27 heavy (non-hydrogen) atoms. The number of amides is 1. The first-order valence-corrected chi connectivity index (χ1v) is 9.63. The van der Waals surface area contributed by atoms with E-state index < -0.39 is 0 Å². The first kappa shape index (κ1) is 24.4. The number of nitrogens with one attached hydrogen (secondary N) is 1. The maximum absolute atomic E-state index is 11.9. The van der Waals surface area contributed by atoms with Crippen molar-refractivity contribution in [1.29, 1.82) is 0 Å². The van der Waals surface area contributed by atoms with Gasteiger partial charge >= 0.3 is 0 Å². The monoisotopic (exact) mass is 497 g/mol. The summed E-state index contributed by atoms with van der Waals surface area (Å²) in [5.74, 6) is 1.34. The number of ether oxygens (including phenoxy) is 2. The molecule has 0 spiro atoms. The van der Waals surface area contributed by atoms with Crippen LogP contribution in [0.5, 0.6) is 0 Å². The van der Waals surface area contributed by atoms with E-state index in [0.29, 0.717) is 5.92 Å². The third-order valence-corrected chi connectivity index (χ3v) is 4.82. The zero-order valence-electron chi connectivity index (χ0n) is 17.0. The number of aliphatic imine (C=N–C) groups is 1. The summed E-state index contributed by atoms with van der Waals surface area (Å²) < 4.78 is 10.9. The van der Waals surface area contributed by atoms with Crippen molar-refractivity contribution in [1.82, 2.24) is 20.0 Å². The molecule has 0 aromatic rings. The normalized spacial score (nSPS) is 20.9. The van der Waals surface area contributed by atoms with Crippen molar-refractivity contribution in [3.8, 4) is 0 Å². The van der Waals surface area contributed by atoms with E-state index in [4.69, 9.17) is 9.47 Å². The van der Waals surface area contributed by atoms with Gasteiger partial charge in [0.2, 0.25) is 5.91 Å². The molecule has 158 valence electrons. The van der Waals surface area contributed by atoms with Crippen LogP contribution >= 0.6 is 24.0 Å². The van der Waals surface area contributed by atoms with Crippen LogP contribution in [0.25, 0.3) is 0 Å². The van der Waals surface area contributed by atoms with Gasteiger partial charge in [-0.25, -0.2) is 4.99 Å². The molecule has 0 bridgehead atoms. The molecular weight excluding hydrogens is 461 g/mol. The highest BCUT2D eigenvalue weighted by Crippen LogP contribution is 2.13. The van der Waals surface area contributed by atoms with Crippen LogP contribution < -0.4 is 5.32 Å². The van der Waals surface area contributed by atoms with E-state index in [9.17, 15) is 4.79 Å². The molecule has 2 aliphatic heterocycles. The van der Waals surface area contributed by atoms with Gasteiger partial charge in [-0.15, -0.1) is 24.0 Å². The molecule has 2 heterocycles. The van der Waals surface area contributed by atoms with Gasteiger partial charge in [0.1, 0.15) is 6.54 Å². The first-order chi connectivity index (χ1) is 12.6. The van der Waals surface area contributed by atoms with Crippen molar-refractivity contribution >= 4 is 35.8 Å². The minimum atomic E-state index is 0. The minimum absolute atomic E-state index is 0. The number of hydrogen-bond donors (Lipinski definition) is 1. The molecule has 1 unspecified atom stereocenters. The third-order valence-electron chi connectivity index (χ3n) is 4.82. The molecule has 2 aliphatic rings. The fourth-order valence-electron chi connectivity index (χ4n) is 3.12. The molecule has 8 nitrogen and oxygen atoms in total. The van der Waals surface area contributed by atoms with Gasteiger partial charge in [0.05, 0.1) is 19.8 Å². The Bertz CT molecular complexity index is 452. The van der Waals surface area contributed by atoms with Gasteiger partial charge in [0, 0.05) is 59.8 Å². The van der Waals surface area contributed by atoms with Crippen LogP contribution in [-0.2, 0) is 14.3 Å². The van der Waals surface area contributed by atoms with Crippen molar-refractivity contribution < 1.29 is 14.3 Å². The Morgan fingerprint density at radius 3 is 2.56 bits per heavy atom. The van der Waals surface area contributed by atoms with Gasteiger partial charge in [0.15, 0.2) is 5.96 Å². The van der Waals surface area contributed by atoms with Crippen molar-refractivity contribution in [2.75, 3.05) is 86.8 Å². The number of carbonyl (C=O) groups is 1. The highest BCUT2D eigenvalue weighted by Gasteiger charge is 2.19. The van der Waals surface area contributed by atoms with Gasteiger partial charge < -0.3 is 24.6 Å². The summed E-state index contributed by atoms with van der Waals surface area (Å²) in [4.78, 5) is 22.5. The molecule has 1 amide bonds. The Hall–Kier alpha value is -0.650. The van der Waals surface area contributed by atoms with Gasteiger partial charge in [0.25, 0.3) is 0 Å². The number of carbonyl (C=O) groups excluding carboxylic acids is 1. The number of halogens is 1. The van der Waals surface area contributed by atoms with Gasteiger partial charge in [-0.3, -0.25) is 9.69 Å². The Labute approximate surface area is 180 Å². The molecule has 2 fully saturated rings. The fourth-order valence-corrected chi connectivity index (χ4v) is 3.12. The second-order valence-electron chi connectivity index (χ2n) is 7.27. The number of nitrogens with zero attached hydrogens (tertiary/aromatic N) is 4. The van der Waals surface area contributed by atoms with E-state index >= 15 is 0 Å². The van der Waals surface area contributed by atoms with E-state index in [1.807, 2.05) is 7.05 Å². The van der Waals surface area contributed by atoms with Crippen LogP contribution in [0.3, 0.4) is 0 Å². The topological polar surface area (TPSA) is 69.6 Å². The van der Waals surface area contributed by atoms with Crippen molar-refractivity contribution in [2.45, 2.75) is 12.8 Å². The van der Waals surface area contributed by atoms with Crippen molar-refractivity contribution in [3.05, 3.63) is 0 Å². The van der Waals surface area contributed by atoms with Crippen LogP contribution in [0.15, 0.2) is 4.99 Å². The maximum Gasteiger partial charge on any atom is 0.243 e. The summed E-state index contributed by atoms with van der Waals surface area (Å²) >= 11 is 0. The van der Waals surface area contributed by atoms with E-state index in [1.165, 1.54) is 0 Å². The third kappa shape index (κ3) is 9.40. The molecule has 9 heteroatoms. The van der Waals surface area contributed by atoms with Crippen LogP contribution in [0.2, 0.25) is 0 Å². The number of likely N-dealkylation sites (N-methyl/N-ethyl adjacent to an activating group) is 1. The molecule has 0 aromatic carbocycles. The smallest absolute Gasteiger partial charge is 0.243 e. The Morgan fingerprint density at radius 1 is 1.19 bits per heavy atom. The maximum atomic E-state index is 11.9.